The van der Waals surface area contributed by atoms with E-state index in [1.165, 1.54) is 24.8 Å². The summed E-state index contributed by atoms with van der Waals surface area (Å²) in [6.45, 7) is 9.56. The Morgan fingerprint density at radius 1 is 1.39 bits per heavy atom. The van der Waals surface area contributed by atoms with Crippen LogP contribution in [0.4, 0.5) is 5.69 Å². The zero-order chi connectivity index (χ0) is 13.2. The van der Waals surface area contributed by atoms with Gasteiger partial charge in [0, 0.05) is 6.04 Å². The molecule has 1 aromatic rings. The standard InChI is InChI=1S/C16H25NO/c1-5-18-15-10-12(2)6-7-14(15)17-13-8-9-16(3,4)11-13/h6-7,10,13,17H,5,8-9,11H2,1-4H3. The fourth-order valence-electron chi connectivity index (χ4n) is 2.80. The van der Waals surface area contributed by atoms with Crippen molar-refractivity contribution in [3.05, 3.63) is 23.8 Å². The Bertz CT molecular complexity index is 412. The fraction of sp³-hybridized carbons (Fsp3) is 0.625. The molecule has 1 fully saturated rings. The second-order valence-corrected chi connectivity index (χ2v) is 6.18. The average molecular weight is 247 g/mol. The minimum absolute atomic E-state index is 0.480. The van der Waals surface area contributed by atoms with Crippen LogP contribution in [0.3, 0.4) is 0 Å². The fourth-order valence-corrected chi connectivity index (χ4v) is 2.80. The number of hydrogen-bond donors (Lipinski definition) is 1. The zero-order valence-corrected chi connectivity index (χ0v) is 12.0. The number of benzene rings is 1. The van der Waals surface area contributed by atoms with Gasteiger partial charge >= 0.3 is 0 Å². The predicted molar refractivity (Wildman–Crippen MR) is 77.4 cm³/mol. The van der Waals surface area contributed by atoms with Gasteiger partial charge in [0.1, 0.15) is 5.75 Å². The Morgan fingerprint density at radius 3 is 2.78 bits per heavy atom. The molecule has 0 spiro atoms. The number of ether oxygens (including phenoxy) is 1. The molecule has 18 heavy (non-hydrogen) atoms. The van der Waals surface area contributed by atoms with Crippen molar-refractivity contribution in [3.8, 4) is 5.75 Å². The second-order valence-electron chi connectivity index (χ2n) is 6.18. The summed E-state index contributed by atoms with van der Waals surface area (Å²) in [5.41, 5.74) is 2.87. The maximum absolute atomic E-state index is 5.72. The third-order valence-electron chi connectivity index (χ3n) is 3.77. The number of rotatable bonds is 4. The highest BCUT2D eigenvalue weighted by Gasteiger charge is 2.31. The van der Waals surface area contributed by atoms with Gasteiger partial charge in [-0.2, -0.15) is 0 Å². The first-order valence-electron chi connectivity index (χ1n) is 7.00. The van der Waals surface area contributed by atoms with Crippen LogP contribution in [0.15, 0.2) is 18.2 Å². The molecule has 0 amide bonds. The van der Waals surface area contributed by atoms with Crippen molar-refractivity contribution in [2.45, 2.75) is 53.0 Å². The molecule has 0 bridgehead atoms. The lowest BCUT2D eigenvalue weighted by molar-refractivity contribution is 0.341. The molecule has 1 atom stereocenters. The van der Waals surface area contributed by atoms with Crippen LogP contribution < -0.4 is 10.1 Å². The molecule has 0 aromatic heterocycles. The molecule has 0 radical (unpaired) electrons. The minimum Gasteiger partial charge on any atom is -0.492 e. The summed E-state index contributed by atoms with van der Waals surface area (Å²) in [4.78, 5) is 0. The van der Waals surface area contributed by atoms with Crippen molar-refractivity contribution < 1.29 is 4.74 Å². The molecule has 0 aliphatic heterocycles. The van der Waals surface area contributed by atoms with E-state index in [1.54, 1.807) is 0 Å². The van der Waals surface area contributed by atoms with Crippen LogP contribution in [0.5, 0.6) is 5.75 Å². The molecular weight excluding hydrogens is 222 g/mol. The highest BCUT2D eigenvalue weighted by atomic mass is 16.5. The second kappa shape index (κ2) is 5.21. The van der Waals surface area contributed by atoms with E-state index in [2.05, 4.69) is 44.3 Å². The lowest BCUT2D eigenvalue weighted by atomic mass is 9.92. The van der Waals surface area contributed by atoms with Gasteiger partial charge in [0.15, 0.2) is 0 Å². The summed E-state index contributed by atoms with van der Waals surface area (Å²) in [5, 5.41) is 3.65. The van der Waals surface area contributed by atoms with Crippen molar-refractivity contribution in [2.24, 2.45) is 5.41 Å². The lowest BCUT2D eigenvalue weighted by Crippen LogP contribution is -2.18. The SMILES string of the molecule is CCOc1cc(C)ccc1NC1CCC(C)(C)C1. The molecule has 1 saturated carbocycles. The number of hydrogen-bond acceptors (Lipinski definition) is 2. The highest BCUT2D eigenvalue weighted by Crippen LogP contribution is 2.39. The summed E-state index contributed by atoms with van der Waals surface area (Å²) < 4.78 is 5.72. The summed E-state index contributed by atoms with van der Waals surface area (Å²) in [6, 6.07) is 6.99. The van der Waals surface area contributed by atoms with Gasteiger partial charge in [-0.15, -0.1) is 0 Å². The van der Waals surface area contributed by atoms with Crippen LogP contribution in [0.1, 0.15) is 45.6 Å². The van der Waals surface area contributed by atoms with Gasteiger partial charge in [-0.3, -0.25) is 0 Å². The number of nitrogens with one attached hydrogen (secondary N) is 1. The van der Waals surface area contributed by atoms with Gasteiger partial charge < -0.3 is 10.1 Å². The molecule has 2 nitrogen and oxygen atoms in total. The largest absolute Gasteiger partial charge is 0.492 e. The number of anilines is 1. The molecule has 1 aliphatic carbocycles. The van der Waals surface area contributed by atoms with Crippen LogP contribution in [0.25, 0.3) is 0 Å². The first-order chi connectivity index (χ1) is 8.50. The average Bonchev–Trinajstić information content (AvgIpc) is 2.62. The Balaban J connectivity index is 2.09. The molecule has 2 rings (SSSR count). The predicted octanol–water partition coefficient (Wildman–Crippen LogP) is 4.38. The molecule has 1 N–H and O–H groups in total. The normalized spacial score (nSPS) is 21.9. The van der Waals surface area contributed by atoms with Crippen molar-refractivity contribution in [1.82, 2.24) is 0 Å². The molecule has 0 heterocycles. The number of aryl methyl sites for hydroxylation is 1. The van der Waals surface area contributed by atoms with Crippen LogP contribution in [-0.4, -0.2) is 12.6 Å². The topological polar surface area (TPSA) is 21.3 Å². The Morgan fingerprint density at radius 2 is 2.17 bits per heavy atom. The lowest BCUT2D eigenvalue weighted by Gasteiger charge is -2.20. The highest BCUT2D eigenvalue weighted by molar-refractivity contribution is 5.58. The smallest absolute Gasteiger partial charge is 0.142 e. The molecule has 1 aromatic carbocycles. The van der Waals surface area contributed by atoms with E-state index >= 15 is 0 Å². The monoisotopic (exact) mass is 247 g/mol. The summed E-state index contributed by atoms with van der Waals surface area (Å²) in [5.74, 6) is 0.988. The van der Waals surface area contributed by atoms with Gasteiger partial charge in [0.2, 0.25) is 0 Å². The van der Waals surface area contributed by atoms with Crippen molar-refractivity contribution in [1.29, 1.82) is 0 Å². The Labute approximate surface area is 111 Å². The molecule has 1 unspecified atom stereocenters. The van der Waals surface area contributed by atoms with Crippen LogP contribution >= 0.6 is 0 Å². The zero-order valence-electron chi connectivity index (χ0n) is 12.0. The van der Waals surface area contributed by atoms with E-state index < -0.39 is 0 Å². The maximum atomic E-state index is 5.72. The van der Waals surface area contributed by atoms with Crippen LogP contribution in [-0.2, 0) is 0 Å². The Kier molecular flexibility index (Phi) is 3.84. The van der Waals surface area contributed by atoms with Gasteiger partial charge in [0.05, 0.1) is 12.3 Å². The molecule has 1 aliphatic rings. The summed E-state index contributed by atoms with van der Waals surface area (Å²) in [6.07, 6.45) is 3.80. The quantitative estimate of drug-likeness (QED) is 0.852. The van der Waals surface area contributed by atoms with Crippen molar-refractivity contribution >= 4 is 5.69 Å². The first kappa shape index (κ1) is 13.3. The molecule has 0 saturated heterocycles. The van der Waals surface area contributed by atoms with Crippen molar-refractivity contribution in [2.75, 3.05) is 11.9 Å². The van der Waals surface area contributed by atoms with E-state index in [-0.39, 0.29) is 0 Å². The van der Waals surface area contributed by atoms with E-state index in [1.807, 2.05) is 6.92 Å². The van der Waals surface area contributed by atoms with Crippen molar-refractivity contribution in [3.63, 3.8) is 0 Å². The Hall–Kier alpha value is -1.18. The van der Waals surface area contributed by atoms with Gasteiger partial charge in [0.25, 0.3) is 0 Å². The summed E-state index contributed by atoms with van der Waals surface area (Å²) in [7, 11) is 0. The third kappa shape index (κ3) is 3.18. The molecule has 100 valence electrons. The van der Waals surface area contributed by atoms with Gasteiger partial charge in [-0.05, 0) is 56.2 Å². The van der Waals surface area contributed by atoms with Crippen LogP contribution in [0.2, 0.25) is 0 Å². The van der Waals surface area contributed by atoms with E-state index in [4.69, 9.17) is 4.74 Å². The van der Waals surface area contributed by atoms with E-state index in [9.17, 15) is 0 Å². The van der Waals surface area contributed by atoms with E-state index in [0.717, 1.165) is 11.4 Å². The minimum atomic E-state index is 0.480. The first-order valence-corrected chi connectivity index (χ1v) is 7.00. The maximum Gasteiger partial charge on any atom is 0.142 e. The summed E-state index contributed by atoms with van der Waals surface area (Å²) >= 11 is 0. The van der Waals surface area contributed by atoms with E-state index in [0.29, 0.717) is 18.1 Å². The van der Waals surface area contributed by atoms with Gasteiger partial charge in [-0.25, -0.2) is 0 Å². The van der Waals surface area contributed by atoms with Crippen LogP contribution in [0, 0.1) is 12.3 Å². The molecule has 2 heteroatoms. The third-order valence-corrected chi connectivity index (χ3v) is 3.77. The van der Waals surface area contributed by atoms with Gasteiger partial charge in [-0.1, -0.05) is 19.9 Å². The molecular formula is C16H25NO.